The molecule has 0 aromatic heterocycles. The Bertz CT molecular complexity index is 413. The molecule has 2 rings (SSSR count). The van der Waals surface area contributed by atoms with Gasteiger partial charge < -0.3 is 9.47 Å². The Hall–Kier alpha value is -1.84. The van der Waals surface area contributed by atoms with Crippen molar-refractivity contribution in [3.8, 4) is 0 Å². The van der Waals surface area contributed by atoms with Gasteiger partial charge in [0.15, 0.2) is 6.10 Å². The number of benzene rings is 1. The molecule has 1 aliphatic heterocycles. The smallest absolute Gasteiger partial charge is 0.306 e. The minimum absolute atomic E-state index is 0.233. The number of esters is 2. The number of hydrogen-bond acceptors (Lipinski definition) is 4. The lowest BCUT2D eigenvalue weighted by atomic mass is 10.0. The molecule has 90 valence electrons. The summed E-state index contributed by atoms with van der Waals surface area (Å²) in [5.74, 6) is -0.607. The van der Waals surface area contributed by atoms with Crippen molar-refractivity contribution < 1.29 is 19.1 Å². The molecular weight excluding hydrogens is 220 g/mol. The molecule has 1 fully saturated rings. The molecule has 2 atom stereocenters. The molecule has 1 heterocycles. The average molecular weight is 234 g/mol. The topological polar surface area (TPSA) is 52.6 Å². The molecule has 0 aliphatic carbocycles. The van der Waals surface area contributed by atoms with Gasteiger partial charge in [-0.05, 0) is 12.0 Å². The fourth-order valence-corrected chi connectivity index (χ4v) is 1.94. The summed E-state index contributed by atoms with van der Waals surface area (Å²) >= 11 is 0. The maximum absolute atomic E-state index is 11.1. The number of rotatable bonds is 3. The number of carbonyl (C=O) groups is 2. The van der Waals surface area contributed by atoms with Crippen LogP contribution in [0.25, 0.3) is 0 Å². The minimum Gasteiger partial charge on any atom is -0.458 e. The van der Waals surface area contributed by atoms with Crippen molar-refractivity contribution >= 4 is 11.9 Å². The predicted octanol–water partition coefficient (Wildman–Crippen LogP) is 2.00. The second-order valence-corrected chi connectivity index (χ2v) is 4.01. The number of hydrogen-bond donors (Lipinski definition) is 0. The Balaban J connectivity index is 2.19. The quantitative estimate of drug-likeness (QED) is 0.750. The minimum atomic E-state index is -0.500. The van der Waals surface area contributed by atoms with Gasteiger partial charge in [-0.2, -0.15) is 0 Å². The van der Waals surface area contributed by atoms with Crippen LogP contribution in [0.5, 0.6) is 0 Å². The zero-order chi connectivity index (χ0) is 12.3. The average Bonchev–Trinajstić information content (AvgIpc) is 2.73. The van der Waals surface area contributed by atoms with Crippen molar-refractivity contribution in [2.75, 3.05) is 0 Å². The van der Waals surface area contributed by atoms with Gasteiger partial charge >= 0.3 is 11.9 Å². The van der Waals surface area contributed by atoms with E-state index in [-0.39, 0.29) is 18.0 Å². The third-order valence-corrected chi connectivity index (χ3v) is 2.67. The maximum atomic E-state index is 11.1. The molecule has 0 amide bonds. The van der Waals surface area contributed by atoms with Crippen molar-refractivity contribution in [2.45, 2.75) is 32.0 Å². The Kier molecular flexibility index (Phi) is 3.42. The molecule has 0 radical (unpaired) electrons. The third kappa shape index (κ3) is 2.84. The SMILES string of the molecule is CC(=O)O[C@H](c1ccccc1)[C@H]1CCC(=O)O1. The Morgan fingerprint density at radius 2 is 2.12 bits per heavy atom. The molecular formula is C13H14O4. The van der Waals surface area contributed by atoms with Crippen LogP contribution in [0.2, 0.25) is 0 Å². The normalized spacial score (nSPS) is 20.8. The summed E-state index contributed by atoms with van der Waals surface area (Å²) in [7, 11) is 0. The van der Waals surface area contributed by atoms with Crippen LogP contribution in [0, 0.1) is 0 Å². The van der Waals surface area contributed by atoms with E-state index in [1.807, 2.05) is 30.3 Å². The molecule has 1 saturated heterocycles. The van der Waals surface area contributed by atoms with E-state index < -0.39 is 6.10 Å². The van der Waals surface area contributed by atoms with Crippen molar-refractivity contribution in [3.63, 3.8) is 0 Å². The summed E-state index contributed by atoms with van der Waals surface area (Å²) in [4.78, 5) is 22.2. The van der Waals surface area contributed by atoms with E-state index >= 15 is 0 Å². The molecule has 0 unspecified atom stereocenters. The summed E-state index contributed by atoms with van der Waals surface area (Å²) in [6, 6.07) is 9.33. The van der Waals surface area contributed by atoms with E-state index in [1.165, 1.54) is 6.92 Å². The van der Waals surface area contributed by atoms with Crippen LogP contribution in [0.15, 0.2) is 30.3 Å². The van der Waals surface area contributed by atoms with E-state index in [4.69, 9.17) is 9.47 Å². The molecule has 4 nitrogen and oxygen atoms in total. The first-order valence-corrected chi connectivity index (χ1v) is 5.58. The van der Waals surface area contributed by atoms with Gasteiger partial charge in [-0.3, -0.25) is 9.59 Å². The first kappa shape index (κ1) is 11.6. The molecule has 0 spiro atoms. The molecule has 1 aliphatic rings. The molecule has 17 heavy (non-hydrogen) atoms. The van der Waals surface area contributed by atoms with Crippen LogP contribution in [0.3, 0.4) is 0 Å². The van der Waals surface area contributed by atoms with Crippen LogP contribution in [0.1, 0.15) is 31.4 Å². The third-order valence-electron chi connectivity index (χ3n) is 2.67. The highest BCUT2D eigenvalue weighted by Gasteiger charge is 2.34. The van der Waals surface area contributed by atoms with Gasteiger partial charge in [-0.1, -0.05) is 30.3 Å². The van der Waals surface area contributed by atoms with Gasteiger partial charge in [-0.15, -0.1) is 0 Å². The van der Waals surface area contributed by atoms with Crippen LogP contribution in [-0.4, -0.2) is 18.0 Å². The second kappa shape index (κ2) is 4.99. The highest BCUT2D eigenvalue weighted by Crippen LogP contribution is 2.30. The monoisotopic (exact) mass is 234 g/mol. The molecule has 0 N–H and O–H groups in total. The molecule has 0 saturated carbocycles. The molecule has 4 heteroatoms. The lowest BCUT2D eigenvalue weighted by molar-refractivity contribution is -0.160. The van der Waals surface area contributed by atoms with Gasteiger partial charge in [-0.25, -0.2) is 0 Å². The maximum Gasteiger partial charge on any atom is 0.306 e. The largest absolute Gasteiger partial charge is 0.458 e. The molecule has 0 bridgehead atoms. The van der Waals surface area contributed by atoms with Gasteiger partial charge in [0, 0.05) is 13.3 Å². The lowest BCUT2D eigenvalue weighted by Gasteiger charge is -2.22. The summed E-state index contributed by atoms with van der Waals surface area (Å²) in [5, 5.41) is 0. The summed E-state index contributed by atoms with van der Waals surface area (Å²) < 4.78 is 10.4. The zero-order valence-corrected chi connectivity index (χ0v) is 9.59. The van der Waals surface area contributed by atoms with Crippen LogP contribution >= 0.6 is 0 Å². The predicted molar refractivity (Wildman–Crippen MR) is 60.1 cm³/mol. The van der Waals surface area contributed by atoms with Crippen molar-refractivity contribution in [1.29, 1.82) is 0 Å². The van der Waals surface area contributed by atoms with E-state index in [2.05, 4.69) is 0 Å². The van der Waals surface area contributed by atoms with Crippen molar-refractivity contribution in [1.82, 2.24) is 0 Å². The van der Waals surface area contributed by atoms with E-state index in [1.54, 1.807) is 0 Å². The number of ether oxygens (including phenoxy) is 2. The van der Waals surface area contributed by atoms with E-state index in [0.717, 1.165) is 5.56 Å². The van der Waals surface area contributed by atoms with Gasteiger partial charge in [0.2, 0.25) is 0 Å². The van der Waals surface area contributed by atoms with Crippen LogP contribution in [0.4, 0.5) is 0 Å². The van der Waals surface area contributed by atoms with Crippen molar-refractivity contribution in [2.24, 2.45) is 0 Å². The van der Waals surface area contributed by atoms with E-state index in [9.17, 15) is 9.59 Å². The zero-order valence-electron chi connectivity index (χ0n) is 9.59. The number of carbonyl (C=O) groups excluding carboxylic acids is 2. The van der Waals surface area contributed by atoms with Crippen molar-refractivity contribution in [3.05, 3.63) is 35.9 Å². The Morgan fingerprint density at radius 3 is 2.65 bits per heavy atom. The number of cyclic esters (lactones) is 1. The molecule has 1 aromatic carbocycles. The summed E-state index contributed by atoms with van der Waals surface area (Å²) in [5.41, 5.74) is 0.849. The fourth-order valence-electron chi connectivity index (χ4n) is 1.94. The van der Waals surface area contributed by atoms with Crippen LogP contribution in [-0.2, 0) is 19.1 Å². The highest BCUT2D eigenvalue weighted by atomic mass is 16.6. The van der Waals surface area contributed by atoms with E-state index in [0.29, 0.717) is 12.8 Å². The molecule has 1 aromatic rings. The fraction of sp³-hybridized carbons (Fsp3) is 0.385. The second-order valence-electron chi connectivity index (χ2n) is 4.01. The lowest BCUT2D eigenvalue weighted by Crippen LogP contribution is -2.23. The summed E-state index contributed by atoms with van der Waals surface area (Å²) in [6.45, 7) is 1.35. The Morgan fingerprint density at radius 1 is 1.41 bits per heavy atom. The van der Waals surface area contributed by atoms with Gasteiger partial charge in [0.25, 0.3) is 0 Å². The van der Waals surface area contributed by atoms with Gasteiger partial charge in [0.05, 0.1) is 0 Å². The Labute approximate surface area is 99.5 Å². The standard InChI is InChI=1S/C13H14O4/c1-9(14)16-13(10-5-3-2-4-6-10)11-7-8-12(15)17-11/h2-6,11,13H,7-8H2,1H3/t11-,13-/m1/s1. The first-order chi connectivity index (χ1) is 8.16. The highest BCUT2D eigenvalue weighted by molar-refractivity contribution is 5.72. The van der Waals surface area contributed by atoms with Gasteiger partial charge in [0.1, 0.15) is 6.10 Å². The summed E-state index contributed by atoms with van der Waals surface area (Å²) in [6.07, 6.45) is 0.106. The first-order valence-electron chi connectivity index (χ1n) is 5.58. The van der Waals surface area contributed by atoms with Crippen LogP contribution < -0.4 is 0 Å².